The lowest BCUT2D eigenvalue weighted by atomic mass is 9.87. The van der Waals surface area contributed by atoms with E-state index in [1.807, 2.05) is 24.3 Å². The van der Waals surface area contributed by atoms with E-state index in [1.54, 1.807) is 48.5 Å². The minimum Gasteiger partial charge on any atom is -0.484 e. The summed E-state index contributed by atoms with van der Waals surface area (Å²) in [5.41, 5.74) is 3.53. The van der Waals surface area contributed by atoms with Gasteiger partial charge in [0.05, 0.1) is 0 Å². The van der Waals surface area contributed by atoms with Crippen LogP contribution in [0.3, 0.4) is 0 Å². The first kappa shape index (κ1) is 24.5. The summed E-state index contributed by atoms with van der Waals surface area (Å²) in [4.78, 5) is 35.9. The monoisotopic (exact) mass is 459 g/mol. The van der Waals surface area contributed by atoms with Crippen LogP contribution in [-0.2, 0) is 15.0 Å². The van der Waals surface area contributed by atoms with Crippen LogP contribution < -0.4 is 20.7 Å². The predicted octanol–water partition coefficient (Wildman–Crippen LogP) is 5.21. The third kappa shape index (κ3) is 7.20. The third-order valence-electron chi connectivity index (χ3n) is 4.96. The zero-order valence-electron chi connectivity index (χ0n) is 19.8. The standard InChI is InChI=1S/C27H29N3O4/c1-18(31)28-22-6-5-7-23(16-22)29-25(32)17-34-24-14-12-21(13-15-24)30-26(33)19-8-10-20(11-9-19)27(2,3)4/h5-16H,17H2,1-4H3,(H,28,31)(H,29,32)(H,30,33). The van der Waals surface area contributed by atoms with Crippen molar-refractivity contribution in [2.24, 2.45) is 0 Å². The summed E-state index contributed by atoms with van der Waals surface area (Å²) in [6, 6.07) is 21.2. The maximum Gasteiger partial charge on any atom is 0.262 e. The first-order chi connectivity index (χ1) is 16.1. The molecule has 0 aliphatic rings. The van der Waals surface area contributed by atoms with Gasteiger partial charge in [-0.25, -0.2) is 0 Å². The molecule has 0 aromatic heterocycles. The molecule has 0 saturated carbocycles. The van der Waals surface area contributed by atoms with Crippen LogP contribution in [-0.4, -0.2) is 24.3 Å². The molecule has 176 valence electrons. The van der Waals surface area contributed by atoms with Crippen LogP contribution in [0.4, 0.5) is 17.1 Å². The second-order valence-electron chi connectivity index (χ2n) is 8.90. The predicted molar refractivity (Wildman–Crippen MR) is 134 cm³/mol. The van der Waals surface area contributed by atoms with Gasteiger partial charge < -0.3 is 20.7 Å². The summed E-state index contributed by atoms with van der Waals surface area (Å²) in [5.74, 6) is -0.231. The van der Waals surface area contributed by atoms with Crippen molar-refractivity contribution >= 4 is 34.8 Å². The van der Waals surface area contributed by atoms with E-state index in [0.717, 1.165) is 5.56 Å². The molecule has 0 heterocycles. The number of ether oxygens (including phenoxy) is 1. The number of carbonyl (C=O) groups is 3. The number of amides is 3. The molecule has 0 unspecified atom stereocenters. The Bertz CT molecular complexity index is 1160. The number of hydrogen-bond acceptors (Lipinski definition) is 4. The molecular formula is C27H29N3O4. The maximum atomic E-state index is 12.5. The Balaban J connectivity index is 1.50. The van der Waals surface area contributed by atoms with E-state index in [9.17, 15) is 14.4 Å². The van der Waals surface area contributed by atoms with Gasteiger partial charge in [0.1, 0.15) is 5.75 Å². The molecule has 0 fully saturated rings. The fourth-order valence-corrected chi connectivity index (χ4v) is 3.18. The maximum absolute atomic E-state index is 12.5. The highest BCUT2D eigenvalue weighted by atomic mass is 16.5. The Morgan fingerprint density at radius 2 is 1.38 bits per heavy atom. The molecule has 0 radical (unpaired) electrons. The molecule has 3 N–H and O–H groups in total. The van der Waals surface area contributed by atoms with Crippen molar-refractivity contribution in [2.45, 2.75) is 33.1 Å². The highest BCUT2D eigenvalue weighted by Crippen LogP contribution is 2.23. The van der Waals surface area contributed by atoms with Crippen molar-refractivity contribution in [1.29, 1.82) is 0 Å². The van der Waals surface area contributed by atoms with Crippen LogP contribution in [0.25, 0.3) is 0 Å². The molecule has 0 atom stereocenters. The first-order valence-corrected chi connectivity index (χ1v) is 10.9. The third-order valence-corrected chi connectivity index (χ3v) is 4.96. The molecule has 7 heteroatoms. The number of benzene rings is 3. The fraction of sp³-hybridized carbons (Fsp3) is 0.222. The largest absolute Gasteiger partial charge is 0.484 e. The zero-order chi connectivity index (χ0) is 24.7. The van der Waals surface area contributed by atoms with Crippen molar-refractivity contribution in [3.8, 4) is 5.75 Å². The van der Waals surface area contributed by atoms with E-state index in [2.05, 4.69) is 36.7 Å². The molecule has 0 aliphatic heterocycles. The normalized spacial score (nSPS) is 10.8. The van der Waals surface area contributed by atoms with Crippen LogP contribution in [0.2, 0.25) is 0 Å². The summed E-state index contributed by atoms with van der Waals surface area (Å²) in [7, 11) is 0. The second kappa shape index (κ2) is 10.7. The van der Waals surface area contributed by atoms with Crippen molar-refractivity contribution in [3.63, 3.8) is 0 Å². The van der Waals surface area contributed by atoms with Gasteiger partial charge in [-0.3, -0.25) is 14.4 Å². The van der Waals surface area contributed by atoms with Crippen molar-refractivity contribution in [3.05, 3.63) is 83.9 Å². The lowest BCUT2D eigenvalue weighted by Crippen LogP contribution is -2.20. The number of rotatable bonds is 7. The average Bonchev–Trinajstić information content (AvgIpc) is 2.78. The van der Waals surface area contributed by atoms with Gasteiger partial charge in [-0.2, -0.15) is 0 Å². The minimum absolute atomic E-state index is 0.0263. The highest BCUT2D eigenvalue weighted by molar-refractivity contribution is 6.04. The Labute approximate surface area is 199 Å². The van der Waals surface area contributed by atoms with E-state index in [-0.39, 0.29) is 29.7 Å². The summed E-state index contributed by atoms with van der Waals surface area (Å²) >= 11 is 0. The Hall–Kier alpha value is -4.13. The van der Waals surface area contributed by atoms with Gasteiger partial charge >= 0.3 is 0 Å². The Morgan fingerprint density at radius 3 is 1.97 bits per heavy atom. The van der Waals surface area contributed by atoms with Crippen LogP contribution >= 0.6 is 0 Å². The van der Waals surface area contributed by atoms with E-state index in [1.165, 1.54) is 6.92 Å². The molecule has 3 rings (SSSR count). The van der Waals surface area contributed by atoms with Gasteiger partial charge in [-0.05, 0) is 65.6 Å². The molecule has 0 saturated heterocycles. The van der Waals surface area contributed by atoms with Gasteiger partial charge in [0.15, 0.2) is 6.61 Å². The van der Waals surface area contributed by atoms with Crippen molar-refractivity contribution in [1.82, 2.24) is 0 Å². The van der Waals surface area contributed by atoms with Gasteiger partial charge in [-0.15, -0.1) is 0 Å². The molecule has 7 nitrogen and oxygen atoms in total. The molecule has 0 bridgehead atoms. The lowest BCUT2D eigenvalue weighted by Gasteiger charge is -2.19. The van der Waals surface area contributed by atoms with E-state index in [0.29, 0.717) is 28.4 Å². The van der Waals surface area contributed by atoms with Crippen molar-refractivity contribution in [2.75, 3.05) is 22.6 Å². The fourth-order valence-electron chi connectivity index (χ4n) is 3.18. The van der Waals surface area contributed by atoms with Gasteiger partial charge in [0.25, 0.3) is 11.8 Å². The zero-order valence-corrected chi connectivity index (χ0v) is 19.8. The number of hydrogen-bond donors (Lipinski definition) is 3. The molecule has 3 aromatic rings. The Morgan fingerprint density at radius 1 is 0.765 bits per heavy atom. The number of carbonyl (C=O) groups excluding carboxylic acids is 3. The SMILES string of the molecule is CC(=O)Nc1cccc(NC(=O)COc2ccc(NC(=O)c3ccc(C(C)(C)C)cc3)cc2)c1. The van der Waals surface area contributed by atoms with Gasteiger partial charge in [0.2, 0.25) is 5.91 Å². The van der Waals surface area contributed by atoms with E-state index >= 15 is 0 Å². The summed E-state index contributed by atoms with van der Waals surface area (Å²) in [6.45, 7) is 7.61. The van der Waals surface area contributed by atoms with Gasteiger partial charge in [0, 0.05) is 29.5 Å². The van der Waals surface area contributed by atoms with Crippen LogP contribution in [0.1, 0.15) is 43.6 Å². The molecule has 3 aromatic carbocycles. The molecular weight excluding hydrogens is 430 g/mol. The van der Waals surface area contributed by atoms with Crippen LogP contribution in [0, 0.1) is 0 Å². The smallest absolute Gasteiger partial charge is 0.262 e. The van der Waals surface area contributed by atoms with Gasteiger partial charge in [-0.1, -0.05) is 39.0 Å². The quantitative estimate of drug-likeness (QED) is 0.452. The molecule has 0 aliphatic carbocycles. The highest BCUT2D eigenvalue weighted by Gasteiger charge is 2.14. The topological polar surface area (TPSA) is 96.5 Å². The lowest BCUT2D eigenvalue weighted by molar-refractivity contribution is -0.118. The number of nitrogens with one attached hydrogen (secondary N) is 3. The van der Waals surface area contributed by atoms with E-state index < -0.39 is 0 Å². The molecule has 0 spiro atoms. The molecule has 34 heavy (non-hydrogen) atoms. The number of anilines is 3. The minimum atomic E-state index is -0.337. The van der Waals surface area contributed by atoms with Crippen molar-refractivity contribution < 1.29 is 19.1 Å². The summed E-state index contributed by atoms with van der Waals surface area (Å²) in [6.07, 6.45) is 0. The van der Waals surface area contributed by atoms with Crippen LogP contribution in [0.5, 0.6) is 5.75 Å². The average molecular weight is 460 g/mol. The molecule has 3 amide bonds. The van der Waals surface area contributed by atoms with Crippen LogP contribution in [0.15, 0.2) is 72.8 Å². The summed E-state index contributed by atoms with van der Waals surface area (Å²) < 4.78 is 5.53. The van der Waals surface area contributed by atoms with E-state index in [4.69, 9.17) is 4.74 Å². The summed E-state index contributed by atoms with van der Waals surface area (Å²) in [5, 5.41) is 8.24. The first-order valence-electron chi connectivity index (χ1n) is 10.9. The second-order valence-corrected chi connectivity index (χ2v) is 8.90. The Kier molecular flexibility index (Phi) is 7.68.